The quantitative estimate of drug-likeness (QED) is 0.501. The van der Waals surface area contributed by atoms with E-state index in [1.807, 2.05) is 36.6 Å². The van der Waals surface area contributed by atoms with Crippen LogP contribution in [0, 0.1) is 17.7 Å². The zero-order valence-electron chi connectivity index (χ0n) is 20.3. The third kappa shape index (κ3) is 3.54. The Morgan fingerprint density at radius 1 is 0.919 bits per heavy atom. The van der Waals surface area contributed by atoms with Crippen molar-refractivity contribution in [2.45, 2.75) is 24.5 Å². The summed E-state index contributed by atoms with van der Waals surface area (Å²) in [4.78, 5) is 45.3. The van der Waals surface area contributed by atoms with Gasteiger partial charge in [-0.05, 0) is 54.3 Å². The van der Waals surface area contributed by atoms with Crippen LogP contribution in [0.1, 0.15) is 17.5 Å². The molecule has 6 rings (SSSR count). The SMILES string of the molecule is CSCC[C@H]1N[C@]2(C(=O)N(Cc3ccc(F)cc3)c3ccccc32)[C@@H]2C(=O)N(c3ccccc3)C(=O)[C@@H]21. The number of amides is 3. The van der Waals surface area contributed by atoms with Gasteiger partial charge in [0.2, 0.25) is 11.8 Å². The van der Waals surface area contributed by atoms with Gasteiger partial charge >= 0.3 is 0 Å². The lowest BCUT2D eigenvalue weighted by molar-refractivity contribution is -0.132. The van der Waals surface area contributed by atoms with Crippen LogP contribution in [0.25, 0.3) is 0 Å². The standard InChI is InChI=1S/C29H26FN3O3S/c1-37-16-15-22-24-25(27(35)33(26(24)34)20-7-3-2-4-8-20)29(31-22)21-9-5-6-10-23(21)32(28(29)36)17-18-11-13-19(30)14-12-18/h2-14,22,24-25,31H,15-17H2,1H3/t22-,24-,25+,29+/m1/s1. The minimum atomic E-state index is -1.35. The van der Waals surface area contributed by atoms with E-state index in [9.17, 15) is 18.8 Å². The fourth-order valence-electron chi connectivity index (χ4n) is 6.20. The highest BCUT2D eigenvalue weighted by molar-refractivity contribution is 7.98. The Morgan fingerprint density at radius 3 is 2.35 bits per heavy atom. The van der Waals surface area contributed by atoms with Crippen LogP contribution < -0.4 is 15.1 Å². The molecule has 0 unspecified atom stereocenters. The molecule has 0 aliphatic carbocycles. The lowest BCUT2D eigenvalue weighted by Gasteiger charge is -2.30. The van der Waals surface area contributed by atoms with E-state index in [-0.39, 0.29) is 36.1 Å². The molecule has 3 aliphatic heterocycles. The first-order chi connectivity index (χ1) is 18.0. The van der Waals surface area contributed by atoms with Crippen LogP contribution in [0.4, 0.5) is 15.8 Å². The first kappa shape index (κ1) is 23.9. The summed E-state index contributed by atoms with van der Waals surface area (Å²) in [7, 11) is 0. The highest BCUT2D eigenvalue weighted by atomic mass is 32.2. The fraction of sp³-hybridized carbons (Fsp3) is 0.276. The molecule has 8 heteroatoms. The predicted octanol–water partition coefficient (Wildman–Crippen LogP) is 4.10. The number of para-hydroxylation sites is 2. The molecule has 0 radical (unpaired) electrons. The van der Waals surface area contributed by atoms with E-state index in [4.69, 9.17) is 0 Å². The number of benzene rings is 3. The van der Waals surface area contributed by atoms with Gasteiger partial charge in [0.15, 0.2) is 0 Å². The number of anilines is 2. The Hall–Kier alpha value is -3.49. The molecule has 3 amide bonds. The van der Waals surface area contributed by atoms with Crippen LogP contribution in [0.3, 0.4) is 0 Å². The van der Waals surface area contributed by atoms with Crippen molar-refractivity contribution in [3.8, 4) is 0 Å². The molecular formula is C29H26FN3O3S. The largest absolute Gasteiger partial charge is 0.306 e. The maximum absolute atomic E-state index is 14.4. The van der Waals surface area contributed by atoms with Crippen molar-refractivity contribution in [3.63, 3.8) is 0 Å². The number of fused-ring (bicyclic) bond motifs is 4. The van der Waals surface area contributed by atoms with Gasteiger partial charge in [0.1, 0.15) is 11.4 Å². The average Bonchev–Trinajstić information content (AvgIpc) is 3.48. The molecule has 6 nitrogen and oxygen atoms in total. The van der Waals surface area contributed by atoms with Gasteiger partial charge in [-0.2, -0.15) is 11.8 Å². The van der Waals surface area contributed by atoms with E-state index in [0.717, 1.165) is 11.3 Å². The molecule has 2 fully saturated rings. The van der Waals surface area contributed by atoms with E-state index >= 15 is 0 Å². The van der Waals surface area contributed by atoms with Gasteiger partial charge in [-0.15, -0.1) is 0 Å². The number of nitrogens with one attached hydrogen (secondary N) is 1. The van der Waals surface area contributed by atoms with Gasteiger partial charge in [0, 0.05) is 17.3 Å². The second kappa shape index (κ2) is 9.11. The molecule has 0 aromatic heterocycles. The van der Waals surface area contributed by atoms with Crippen LogP contribution in [0.15, 0.2) is 78.9 Å². The van der Waals surface area contributed by atoms with E-state index in [0.29, 0.717) is 23.4 Å². The Morgan fingerprint density at radius 2 is 1.62 bits per heavy atom. The molecule has 4 atom stereocenters. The first-order valence-electron chi connectivity index (χ1n) is 12.3. The zero-order chi connectivity index (χ0) is 25.7. The number of imide groups is 1. The maximum atomic E-state index is 14.4. The van der Waals surface area contributed by atoms with Crippen molar-refractivity contribution < 1.29 is 18.8 Å². The third-order valence-electron chi connectivity index (χ3n) is 7.77. The minimum absolute atomic E-state index is 0.233. The van der Waals surface area contributed by atoms with Gasteiger partial charge in [0.05, 0.1) is 24.1 Å². The Labute approximate surface area is 218 Å². The van der Waals surface area contributed by atoms with Crippen LogP contribution in [-0.4, -0.2) is 35.8 Å². The van der Waals surface area contributed by atoms with E-state index < -0.39 is 17.4 Å². The normalized spacial score (nSPS) is 26.3. The summed E-state index contributed by atoms with van der Waals surface area (Å²) in [6.45, 7) is 0.233. The topological polar surface area (TPSA) is 69.7 Å². The first-order valence-corrected chi connectivity index (χ1v) is 13.7. The smallest absolute Gasteiger partial charge is 0.253 e. The predicted molar refractivity (Wildman–Crippen MR) is 142 cm³/mol. The highest BCUT2D eigenvalue weighted by Crippen LogP contribution is 2.55. The number of carbonyl (C=O) groups excluding carboxylic acids is 3. The van der Waals surface area contributed by atoms with Gasteiger partial charge in [-0.25, -0.2) is 9.29 Å². The van der Waals surface area contributed by atoms with Gasteiger partial charge in [0.25, 0.3) is 5.91 Å². The van der Waals surface area contributed by atoms with Crippen molar-refractivity contribution in [3.05, 3.63) is 95.8 Å². The Balaban J connectivity index is 1.47. The van der Waals surface area contributed by atoms with Crippen LogP contribution in [0.2, 0.25) is 0 Å². The summed E-state index contributed by atoms with van der Waals surface area (Å²) in [5, 5.41) is 3.53. The van der Waals surface area contributed by atoms with E-state index in [1.165, 1.54) is 17.0 Å². The lowest BCUT2D eigenvalue weighted by Crippen LogP contribution is -2.55. The van der Waals surface area contributed by atoms with Crippen LogP contribution in [0.5, 0.6) is 0 Å². The zero-order valence-corrected chi connectivity index (χ0v) is 21.1. The van der Waals surface area contributed by atoms with Crippen LogP contribution >= 0.6 is 11.8 Å². The molecule has 3 aromatic carbocycles. The average molecular weight is 516 g/mol. The van der Waals surface area contributed by atoms with Gasteiger partial charge < -0.3 is 4.90 Å². The number of nitrogens with zero attached hydrogens (tertiary/aromatic N) is 2. The van der Waals surface area contributed by atoms with Crippen molar-refractivity contribution in [2.24, 2.45) is 11.8 Å². The second-order valence-corrected chi connectivity index (χ2v) is 10.7. The van der Waals surface area contributed by atoms with E-state index in [1.54, 1.807) is 53.1 Å². The molecule has 1 spiro atoms. The number of rotatable bonds is 6. The van der Waals surface area contributed by atoms with Crippen molar-refractivity contribution in [1.82, 2.24) is 5.32 Å². The third-order valence-corrected chi connectivity index (χ3v) is 8.41. The fourth-order valence-corrected chi connectivity index (χ4v) is 6.69. The maximum Gasteiger partial charge on any atom is 0.253 e. The molecule has 0 saturated carbocycles. The molecule has 1 N–H and O–H groups in total. The molecule has 188 valence electrons. The summed E-state index contributed by atoms with van der Waals surface area (Å²) < 4.78 is 13.5. The summed E-state index contributed by atoms with van der Waals surface area (Å²) in [5.74, 6) is -1.94. The molecule has 3 aromatic rings. The van der Waals surface area contributed by atoms with Crippen LogP contribution in [-0.2, 0) is 26.5 Å². The summed E-state index contributed by atoms with van der Waals surface area (Å²) >= 11 is 1.67. The lowest BCUT2D eigenvalue weighted by atomic mass is 9.76. The number of thioether (sulfide) groups is 1. The molecule has 3 heterocycles. The summed E-state index contributed by atoms with van der Waals surface area (Å²) in [6, 6.07) is 22.1. The summed E-state index contributed by atoms with van der Waals surface area (Å²) in [6.07, 6.45) is 2.65. The molecule has 37 heavy (non-hydrogen) atoms. The molecular weight excluding hydrogens is 489 g/mol. The van der Waals surface area contributed by atoms with Gasteiger partial charge in [-0.3, -0.25) is 19.7 Å². The minimum Gasteiger partial charge on any atom is -0.306 e. The monoisotopic (exact) mass is 515 g/mol. The number of carbonyl (C=O) groups is 3. The number of hydrogen-bond acceptors (Lipinski definition) is 5. The number of halogens is 1. The highest BCUT2D eigenvalue weighted by Gasteiger charge is 2.71. The van der Waals surface area contributed by atoms with Gasteiger partial charge in [-0.1, -0.05) is 48.5 Å². The Bertz CT molecular complexity index is 1380. The number of hydrogen-bond donors (Lipinski definition) is 1. The molecule has 3 aliphatic rings. The van der Waals surface area contributed by atoms with Crippen molar-refractivity contribution in [1.29, 1.82) is 0 Å². The van der Waals surface area contributed by atoms with Crippen molar-refractivity contribution >= 4 is 40.9 Å². The van der Waals surface area contributed by atoms with E-state index in [2.05, 4.69) is 5.32 Å². The Kier molecular flexibility index (Phi) is 5.88. The second-order valence-electron chi connectivity index (χ2n) is 9.73. The van der Waals surface area contributed by atoms with Crippen molar-refractivity contribution in [2.75, 3.05) is 21.8 Å². The summed E-state index contributed by atoms with van der Waals surface area (Å²) in [5.41, 5.74) is 1.36. The molecule has 2 saturated heterocycles. The molecule has 0 bridgehead atoms.